The van der Waals surface area contributed by atoms with E-state index in [1.54, 1.807) is 12.3 Å². The van der Waals surface area contributed by atoms with Gasteiger partial charge in [0.25, 0.3) is 0 Å². The van der Waals surface area contributed by atoms with Crippen molar-refractivity contribution in [2.45, 2.75) is 0 Å². The van der Waals surface area contributed by atoms with Crippen LogP contribution in [0.4, 0.5) is 4.39 Å². The Morgan fingerprint density at radius 1 is 1.36 bits per heavy atom. The monoisotopic (exact) mass is 214 g/mol. The molecule has 1 nitrogen and oxygen atoms in total. The highest BCUT2D eigenvalue weighted by molar-refractivity contribution is 9.10. The fourth-order valence-electron chi connectivity index (χ4n) is 0.970. The van der Waals surface area contributed by atoms with E-state index in [1.807, 2.05) is 0 Å². The molecule has 3 heteroatoms. The molecule has 0 fully saturated rings. The minimum Gasteiger partial charge on any atom is -0.463 e. The molecule has 1 aromatic carbocycles. The molecule has 0 N–H and O–H groups in total. The normalized spacial score (nSPS) is 10.7. The zero-order valence-corrected chi connectivity index (χ0v) is 7.06. The van der Waals surface area contributed by atoms with Crippen LogP contribution in [-0.2, 0) is 0 Å². The minimum atomic E-state index is -0.250. The van der Waals surface area contributed by atoms with Crippen molar-refractivity contribution in [1.82, 2.24) is 0 Å². The van der Waals surface area contributed by atoms with Gasteiger partial charge in [0.15, 0.2) is 0 Å². The van der Waals surface area contributed by atoms with E-state index in [0.29, 0.717) is 5.58 Å². The Hall–Kier alpha value is -0.830. The Labute approximate surface area is 70.9 Å². The molecule has 0 aliphatic heterocycles. The van der Waals surface area contributed by atoms with Crippen LogP contribution in [0.25, 0.3) is 11.0 Å². The first-order valence-electron chi connectivity index (χ1n) is 3.09. The molecule has 0 saturated carbocycles. The van der Waals surface area contributed by atoms with Crippen LogP contribution in [0.15, 0.2) is 33.4 Å². The molecule has 11 heavy (non-hydrogen) atoms. The quantitative estimate of drug-likeness (QED) is 0.656. The van der Waals surface area contributed by atoms with Gasteiger partial charge in [-0.15, -0.1) is 0 Å². The Morgan fingerprint density at radius 3 is 3.00 bits per heavy atom. The summed E-state index contributed by atoms with van der Waals surface area (Å²) < 4.78 is 18.5. The summed E-state index contributed by atoms with van der Waals surface area (Å²) in [4.78, 5) is 0. The molecule has 1 aromatic heterocycles. The smallest absolute Gasteiger partial charge is 0.135 e. The van der Waals surface area contributed by atoms with Crippen molar-refractivity contribution < 1.29 is 8.81 Å². The Bertz CT molecular complexity index is 394. The average molecular weight is 215 g/mol. The predicted octanol–water partition coefficient (Wildman–Crippen LogP) is 3.33. The number of rotatable bonds is 0. The first-order valence-corrected chi connectivity index (χ1v) is 3.89. The summed E-state index contributed by atoms with van der Waals surface area (Å²) in [7, 11) is 0. The van der Waals surface area contributed by atoms with Crippen LogP contribution < -0.4 is 0 Å². The van der Waals surface area contributed by atoms with Crippen molar-refractivity contribution >= 4 is 26.9 Å². The van der Waals surface area contributed by atoms with Crippen LogP contribution >= 0.6 is 15.9 Å². The molecular weight excluding hydrogens is 211 g/mol. The second kappa shape index (κ2) is 2.34. The first kappa shape index (κ1) is 6.85. The lowest BCUT2D eigenvalue weighted by Crippen LogP contribution is -1.70. The molecule has 0 aliphatic carbocycles. The molecule has 2 rings (SSSR count). The van der Waals surface area contributed by atoms with Crippen molar-refractivity contribution in [2.24, 2.45) is 0 Å². The fourth-order valence-corrected chi connectivity index (χ4v) is 1.37. The molecule has 0 amide bonds. The van der Waals surface area contributed by atoms with Gasteiger partial charge in [-0.2, -0.15) is 0 Å². The molecule has 1 heterocycles. The van der Waals surface area contributed by atoms with Crippen LogP contribution in [0.2, 0.25) is 0 Å². The zero-order valence-electron chi connectivity index (χ0n) is 5.47. The van der Waals surface area contributed by atoms with Crippen LogP contribution in [0.1, 0.15) is 0 Å². The van der Waals surface area contributed by atoms with Gasteiger partial charge < -0.3 is 4.42 Å². The van der Waals surface area contributed by atoms with Gasteiger partial charge >= 0.3 is 0 Å². The van der Waals surface area contributed by atoms with Gasteiger partial charge in [0.05, 0.1) is 4.47 Å². The van der Waals surface area contributed by atoms with Crippen LogP contribution in [0.5, 0.6) is 0 Å². The summed E-state index contributed by atoms with van der Waals surface area (Å²) in [6.45, 7) is 0. The maximum absolute atomic E-state index is 12.6. The highest BCUT2D eigenvalue weighted by Crippen LogP contribution is 2.26. The average Bonchev–Trinajstić information content (AvgIpc) is 2.33. The summed E-state index contributed by atoms with van der Waals surface area (Å²) in [5.74, 6) is -0.250. The lowest BCUT2D eigenvalue weighted by Gasteiger charge is -1.87. The van der Waals surface area contributed by atoms with Crippen molar-refractivity contribution in [3.63, 3.8) is 0 Å². The van der Waals surface area contributed by atoms with Crippen molar-refractivity contribution in [1.29, 1.82) is 0 Å². The molecule has 0 saturated heterocycles. The number of furan rings is 1. The van der Waals surface area contributed by atoms with Crippen LogP contribution in [0, 0.1) is 5.82 Å². The third-order valence-corrected chi connectivity index (χ3v) is 2.10. The van der Waals surface area contributed by atoms with Gasteiger partial charge in [0.2, 0.25) is 0 Å². The number of hydrogen-bond donors (Lipinski definition) is 0. The summed E-state index contributed by atoms with van der Waals surface area (Å²) in [5.41, 5.74) is 0.693. The first-order chi connectivity index (χ1) is 5.27. The number of hydrogen-bond acceptors (Lipinski definition) is 1. The van der Waals surface area contributed by atoms with Gasteiger partial charge in [0.1, 0.15) is 17.7 Å². The molecule has 0 atom stereocenters. The van der Waals surface area contributed by atoms with Crippen molar-refractivity contribution in [2.75, 3.05) is 0 Å². The van der Waals surface area contributed by atoms with Crippen LogP contribution in [-0.4, -0.2) is 0 Å². The Morgan fingerprint density at radius 2 is 2.18 bits per heavy atom. The summed E-state index contributed by atoms with van der Waals surface area (Å²) >= 11 is 3.24. The maximum atomic E-state index is 12.6. The largest absolute Gasteiger partial charge is 0.463 e. The second-order valence-electron chi connectivity index (χ2n) is 2.22. The fraction of sp³-hybridized carbons (Fsp3) is 0. The second-order valence-corrected chi connectivity index (χ2v) is 3.08. The molecule has 0 radical (unpaired) electrons. The number of fused-ring (bicyclic) bond motifs is 1. The maximum Gasteiger partial charge on any atom is 0.135 e. The van der Waals surface area contributed by atoms with E-state index in [9.17, 15) is 4.39 Å². The standard InChI is InChI=1S/C8H4BrFO/c9-7-4-11-8-2-1-5(10)3-6(7)8/h1-4H. The molecule has 0 bridgehead atoms. The van der Waals surface area contributed by atoms with Crippen molar-refractivity contribution in [3.8, 4) is 0 Å². The summed E-state index contributed by atoms with van der Waals surface area (Å²) in [5, 5.41) is 0.769. The van der Waals surface area contributed by atoms with E-state index < -0.39 is 0 Å². The van der Waals surface area contributed by atoms with Gasteiger partial charge in [-0.25, -0.2) is 4.39 Å². The molecule has 56 valence electrons. The van der Waals surface area contributed by atoms with Crippen LogP contribution in [0.3, 0.4) is 0 Å². The number of benzene rings is 1. The molecule has 0 aliphatic rings. The lowest BCUT2D eigenvalue weighted by molar-refractivity contribution is 0.608. The van der Waals surface area contributed by atoms with Gasteiger partial charge in [-0.3, -0.25) is 0 Å². The van der Waals surface area contributed by atoms with E-state index in [4.69, 9.17) is 4.42 Å². The Balaban J connectivity index is 2.87. The molecule has 0 unspecified atom stereocenters. The topological polar surface area (TPSA) is 13.1 Å². The van der Waals surface area contributed by atoms with Gasteiger partial charge in [-0.1, -0.05) is 0 Å². The third kappa shape index (κ3) is 1.05. The minimum absolute atomic E-state index is 0.250. The SMILES string of the molecule is Fc1ccc2occ(Br)c2c1. The lowest BCUT2D eigenvalue weighted by atomic mass is 10.2. The molecule has 0 spiro atoms. The third-order valence-electron chi connectivity index (χ3n) is 1.49. The molecule has 2 aromatic rings. The highest BCUT2D eigenvalue weighted by atomic mass is 79.9. The van der Waals surface area contributed by atoms with E-state index in [0.717, 1.165) is 9.86 Å². The highest BCUT2D eigenvalue weighted by Gasteiger charge is 2.02. The van der Waals surface area contributed by atoms with E-state index in [1.165, 1.54) is 12.1 Å². The Kier molecular flexibility index (Phi) is 1.46. The zero-order chi connectivity index (χ0) is 7.84. The van der Waals surface area contributed by atoms with E-state index >= 15 is 0 Å². The van der Waals surface area contributed by atoms with Crippen molar-refractivity contribution in [3.05, 3.63) is 34.8 Å². The summed E-state index contributed by atoms with van der Waals surface area (Å²) in [6.07, 6.45) is 1.55. The van der Waals surface area contributed by atoms with E-state index in [2.05, 4.69) is 15.9 Å². The van der Waals surface area contributed by atoms with E-state index in [-0.39, 0.29) is 5.82 Å². The predicted molar refractivity (Wildman–Crippen MR) is 43.9 cm³/mol. The number of halogens is 2. The van der Waals surface area contributed by atoms with Gasteiger partial charge in [0, 0.05) is 5.39 Å². The summed E-state index contributed by atoms with van der Waals surface area (Å²) in [6, 6.07) is 4.41. The van der Waals surface area contributed by atoms with Gasteiger partial charge in [-0.05, 0) is 34.1 Å². The molecular formula is C8H4BrFO.